The molecule has 0 unspecified atom stereocenters. The van der Waals surface area contributed by atoms with Crippen molar-refractivity contribution in [2.45, 2.75) is 13.5 Å². The van der Waals surface area contributed by atoms with Gasteiger partial charge in [0.2, 0.25) is 5.91 Å². The van der Waals surface area contributed by atoms with Gasteiger partial charge < -0.3 is 20.1 Å². The molecule has 126 valence electrons. The van der Waals surface area contributed by atoms with Gasteiger partial charge in [-0.05, 0) is 42.8 Å². The molecule has 1 aliphatic heterocycles. The first kappa shape index (κ1) is 16.3. The molecular weight excluding hydrogens is 304 g/mol. The normalized spacial score (nSPS) is 13.8. The van der Waals surface area contributed by atoms with Crippen LogP contribution in [0, 0.1) is 6.92 Å². The molecule has 24 heavy (non-hydrogen) atoms. The predicted molar refractivity (Wildman–Crippen MR) is 93.1 cm³/mol. The molecule has 0 aliphatic carbocycles. The van der Waals surface area contributed by atoms with Crippen LogP contribution in [0.2, 0.25) is 0 Å². The topological polar surface area (TPSA) is 61.8 Å². The molecule has 2 aromatic carbocycles. The van der Waals surface area contributed by atoms with Crippen molar-refractivity contribution in [3.63, 3.8) is 0 Å². The van der Waals surface area contributed by atoms with E-state index >= 15 is 0 Å². The number of hydrogen-bond donors (Lipinski definition) is 2. The third-order valence-electron chi connectivity index (χ3n) is 4.25. The Hall–Kier alpha value is -2.53. The summed E-state index contributed by atoms with van der Waals surface area (Å²) in [6.45, 7) is 3.65. The quantitative estimate of drug-likeness (QED) is 0.909. The SMILES string of the molecule is CNCC(=O)N1CCOc2c(O)cc(-c3ccccc3C)cc2C1. The van der Waals surface area contributed by atoms with Gasteiger partial charge in [-0.1, -0.05) is 24.3 Å². The molecule has 5 heteroatoms. The van der Waals surface area contributed by atoms with Crippen LogP contribution in [0.15, 0.2) is 36.4 Å². The maximum Gasteiger partial charge on any atom is 0.236 e. The van der Waals surface area contributed by atoms with Crippen LogP contribution in [0.1, 0.15) is 11.1 Å². The van der Waals surface area contributed by atoms with Crippen molar-refractivity contribution in [2.24, 2.45) is 0 Å². The number of ether oxygens (including phenoxy) is 1. The van der Waals surface area contributed by atoms with E-state index in [4.69, 9.17) is 4.74 Å². The van der Waals surface area contributed by atoms with E-state index in [1.54, 1.807) is 18.0 Å². The lowest BCUT2D eigenvalue weighted by molar-refractivity contribution is -0.130. The van der Waals surface area contributed by atoms with Crippen LogP contribution in [0.5, 0.6) is 11.5 Å². The third-order valence-corrected chi connectivity index (χ3v) is 4.25. The Morgan fingerprint density at radius 2 is 2.12 bits per heavy atom. The number of likely N-dealkylation sites (N-methyl/N-ethyl adjacent to an activating group) is 1. The van der Waals surface area contributed by atoms with Crippen molar-refractivity contribution in [3.8, 4) is 22.6 Å². The molecule has 0 bridgehead atoms. The van der Waals surface area contributed by atoms with Crippen molar-refractivity contribution >= 4 is 5.91 Å². The highest BCUT2D eigenvalue weighted by molar-refractivity contribution is 5.79. The molecule has 2 N–H and O–H groups in total. The maximum absolute atomic E-state index is 12.2. The van der Waals surface area contributed by atoms with Crippen LogP contribution < -0.4 is 10.1 Å². The predicted octanol–water partition coefficient (Wildman–Crippen LogP) is 2.31. The van der Waals surface area contributed by atoms with Gasteiger partial charge in [-0.25, -0.2) is 0 Å². The summed E-state index contributed by atoms with van der Waals surface area (Å²) < 4.78 is 5.69. The minimum Gasteiger partial charge on any atom is -0.504 e. The van der Waals surface area contributed by atoms with Gasteiger partial charge in [0.1, 0.15) is 6.61 Å². The third kappa shape index (κ3) is 3.21. The molecule has 0 radical (unpaired) electrons. The standard InChI is InChI=1S/C19H22N2O3/c1-13-5-3-4-6-16(13)14-9-15-12-21(18(23)11-20-2)7-8-24-19(15)17(22)10-14/h3-6,9-10,20,22H,7-8,11-12H2,1-2H3. The summed E-state index contributed by atoms with van der Waals surface area (Å²) in [5.41, 5.74) is 3.95. The van der Waals surface area contributed by atoms with Gasteiger partial charge in [0.25, 0.3) is 0 Å². The fourth-order valence-corrected chi connectivity index (χ4v) is 3.03. The van der Waals surface area contributed by atoms with Crippen molar-refractivity contribution in [3.05, 3.63) is 47.5 Å². The fourth-order valence-electron chi connectivity index (χ4n) is 3.03. The Morgan fingerprint density at radius 1 is 1.33 bits per heavy atom. The number of rotatable bonds is 3. The van der Waals surface area contributed by atoms with E-state index in [2.05, 4.69) is 5.32 Å². The second kappa shape index (κ2) is 6.93. The highest BCUT2D eigenvalue weighted by Crippen LogP contribution is 2.38. The van der Waals surface area contributed by atoms with Gasteiger partial charge >= 0.3 is 0 Å². The Balaban J connectivity index is 2.00. The number of phenolic OH excluding ortho intramolecular Hbond substituents is 1. The molecule has 1 heterocycles. The van der Waals surface area contributed by atoms with Gasteiger partial charge in [-0.15, -0.1) is 0 Å². The highest BCUT2D eigenvalue weighted by Gasteiger charge is 2.22. The zero-order valence-corrected chi connectivity index (χ0v) is 14.0. The van der Waals surface area contributed by atoms with E-state index in [9.17, 15) is 9.90 Å². The zero-order valence-electron chi connectivity index (χ0n) is 14.0. The molecule has 0 saturated carbocycles. The zero-order chi connectivity index (χ0) is 17.1. The van der Waals surface area contributed by atoms with Gasteiger partial charge in [-0.2, -0.15) is 0 Å². The number of nitrogens with zero attached hydrogens (tertiary/aromatic N) is 1. The van der Waals surface area contributed by atoms with Gasteiger partial charge in [-0.3, -0.25) is 4.79 Å². The lowest BCUT2D eigenvalue weighted by atomic mass is 9.98. The first-order chi connectivity index (χ1) is 11.6. The molecule has 0 spiro atoms. The Kier molecular flexibility index (Phi) is 4.71. The van der Waals surface area contributed by atoms with E-state index < -0.39 is 0 Å². The van der Waals surface area contributed by atoms with Crippen LogP contribution in [0.25, 0.3) is 11.1 Å². The smallest absolute Gasteiger partial charge is 0.236 e. The lowest BCUT2D eigenvalue weighted by Gasteiger charge is -2.20. The lowest BCUT2D eigenvalue weighted by Crippen LogP contribution is -2.37. The number of fused-ring (bicyclic) bond motifs is 1. The summed E-state index contributed by atoms with van der Waals surface area (Å²) in [7, 11) is 1.75. The number of hydrogen-bond acceptors (Lipinski definition) is 4. The van der Waals surface area contributed by atoms with Gasteiger partial charge in [0.05, 0.1) is 13.1 Å². The molecular formula is C19H22N2O3. The van der Waals surface area contributed by atoms with Crippen LogP contribution >= 0.6 is 0 Å². The van der Waals surface area contributed by atoms with E-state index in [0.29, 0.717) is 32.0 Å². The van der Waals surface area contributed by atoms with E-state index in [-0.39, 0.29) is 11.7 Å². The van der Waals surface area contributed by atoms with Crippen molar-refractivity contribution < 1.29 is 14.6 Å². The molecule has 0 fully saturated rings. The Labute approximate surface area is 141 Å². The number of aryl methyl sites for hydroxylation is 1. The van der Waals surface area contributed by atoms with E-state index in [0.717, 1.165) is 22.3 Å². The minimum atomic E-state index is 0.0229. The van der Waals surface area contributed by atoms with Gasteiger partial charge in [0.15, 0.2) is 11.5 Å². The average Bonchev–Trinajstić information content (AvgIpc) is 2.78. The fraction of sp³-hybridized carbons (Fsp3) is 0.316. The number of phenols is 1. The summed E-state index contributed by atoms with van der Waals surface area (Å²) in [6.07, 6.45) is 0. The number of carbonyl (C=O) groups excluding carboxylic acids is 1. The molecule has 3 rings (SSSR count). The second-order valence-corrected chi connectivity index (χ2v) is 5.99. The number of benzene rings is 2. The van der Waals surface area contributed by atoms with E-state index in [1.807, 2.05) is 37.3 Å². The number of amides is 1. The maximum atomic E-state index is 12.2. The summed E-state index contributed by atoms with van der Waals surface area (Å²) in [5.74, 6) is 0.621. The molecule has 2 aromatic rings. The molecule has 1 aliphatic rings. The molecule has 0 saturated heterocycles. The van der Waals surface area contributed by atoms with Gasteiger partial charge in [0, 0.05) is 12.1 Å². The van der Waals surface area contributed by atoms with Crippen LogP contribution in [-0.2, 0) is 11.3 Å². The van der Waals surface area contributed by atoms with Crippen molar-refractivity contribution in [2.75, 3.05) is 26.7 Å². The Morgan fingerprint density at radius 3 is 2.88 bits per heavy atom. The Bertz CT molecular complexity index is 758. The van der Waals surface area contributed by atoms with Crippen LogP contribution in [-0.4, -0.2) is 42.7 Å². The van der Waals surface area contributed by atoms with E-state index in [1.165, 1.54) is 0 Å². The summed E-state index contributed by atoms with van der Waals surface area (Å²) in [4.78, 5) is 14.0. The largest absolute Gasteiger partial charge is 0.504 e. The molecule has 0 aromatic heterocycles. The molecule has 5 nitrogen and oxygen atoms in total. The summed E-state index contributed by atoms with van der Waals surface area (Å²) in [6, 6.07) is 11.8. The van der Waals surface area contributed by atoms with Crippen LogP contribution in [0.3, 0.4) is 0 Å². The highest BCUT2D eigenvalue weighted by atomic mass is 16.5. The number of aromatic hydroxyl groups is 1. The van der Waals surface area contributed by atoms with Crippen LogP contribution in [0.4, 0.5) is 0 Å². The summed E-state index contributed by atoms with van der Waals surface area (Å²) >= 11 is 0. The first-order valence-electron chi connectivity index (χ1n) is 8.07. The molecule has 1 amide bonds. The van der Waals surface area contributed by atoms with Crippen molar-refractivity contribution in [1.82, 2.24) is 10.2 Å². The average molecular weight is 326 g/mol. The monoisotopic (exact) mass is 326 g/mol. The second-order valence-electron chi connectivity index (χ2n) is 5.99. The summed E-state index contributed by atoms with van der Waals surface area (Å²) in [5, 5.41) is 13.3. The molecule has 0 atom stereocenters. The first-order valence-corrected chi connectivity index (χ1v) is 8.07. The number of carbonyl (C=O) groups is 1. The number of nitrogens with one attached hydrogen (secondary N) is 1. The van der Waals surface area contributed by atoms with Crippen molar-refractivity contribution in [1.29, 1.82) is 0 Å². The minimum absolute atomic E-state index is 0.0229.